The molecular formula is C23H15BrFN5O6. The fraction of sp³-hybridized carbons (Fsp3) is 0.0435. The van der Waals surface area contributed by atoms with Crippen LogP contribution in [0.2, 0.25) is 0 Å². The molecule has 0 atom stereocenters. The number of para-hydroxylation sites is 2. The molecule has 36 heavy (non-hydrogen) atoms. The molecule has 4 rings (SSSR count). The summed E-state index contributed by atoms with van der Waals surface area (Å²) in [6, 6.07) is 14.3. The zero-order valence-corrected chi connectivity index (χ0v) is 19.7. The smallest absolute Gasteiger partial charge is 0.349 e. The van der Waals surface area contributed by atoms with Crippen LogP contribution < -0.4 is 21.3 Å². The third-order valence-corrected chi connectivity index (χ3v) is 5.31. The molecule has 0 unspecified atom stereocenters. The Labute approximate surface area is 209 Å². The van der Waals surface area contributed by atoms with Gasteiger partial charge in [-0.05, 0) is 30.3 Å². The molecule has 13 heteroatoms. The Bertz CT molecular complexity index is 1650. The quantitative estimate of drug-likeness (QED) is 0.203. The van der Waals surface area contributed by atoms with Crippen molar-refractivity contribution >= 4 is 50.3 Å². The summed E-state index contributed by atoms with van der Waals surface area (Å²) in [6.45, 7) is -0.700. The van der Waals surface area contributed by atoms with Crippen LogP contribution in [0.5, 0.6) is 5.75 Å². The summed E-state index contributed by atoms with van der Waals surface area (Å²) in [4.78, 5) is 50.8. The number of hydrogen-bond donors (Lipinski definition) is 2. The maximum absolute atomic E-state index is 13.8. The maximum Gasteiger partial charge on any atom is 0.349 e. The number of H-pyrrole nitrogens is 1. The van der Waals surface area contributed by atoms with E-state index in [0.717, 1.165) is 18.3 Å². The monoisotopic (exact) mass is 555 g/mol. The Kier molecular flexibility index (Phi) is 7.01. The van der Waals surface area contributed by atoms with Crippen LogP contribution in [0.3, 0.4) is 0 Å². The Balaban J connectivity index is 1.68. The first-order chi connectivity index (χ1) is 17.2. The van der Waals surface area contributed by atoms with E-state index in [1.54, 1.807) is 18.2 Å². The fourth-order valence-corrected chi connectivity index (χ4v) is 3.72. The number of fused-ring (bicyclic) bond motifs is 1. The van der Waals surface area contributed by atoms with Crippen LogP contribution >= 0.6 is 15.9 Å². The zero-order chi connectivity index (χ0) is 25.8. The largest absolute Gasteiger partial charge is 0.476 e. The van der Waals surface area contributed by atoms with Crippen molar-refractivity contribution in [3.8, 4) is 5.75 Å². The predicted octanol–water partition coefficient (Wildman–Crippen LogP) is 3.40. The lowest BCUT2D eigenvalue weighted by Crippen LogP contribution is -2.32. The van der Waals surface area contributed by atoms with E-state index < -0.39 is 40.2 Å². The number of carbonyl (C=O) groups excluding carboxylic acids is 1. The van der Waals surface area contributed by atoms with Gasteiger partial charge in [-0.1, -0.05) is 40.2 Å². The molecule has 0 saturated carbocycles. The summed E-state index contributed by atoms with van der Waals surface area (Å²) in [7, 11) is 0. The van der Waals surface area contributed by atoms with Gasteiger partial charge in [-0.3, -0.25) is 19.7 Å². The lowest BCUT2D eigenvalue weighted by molar-refractivity contribution is -0.385. The number of nitro benzene ring substituents is 1. The number of nitro groups is 1. The van der Waals surface area contributed by atoms with Gasteiger partial charge in [0.15, 0.2) is 6.61 Å². The van der Waals surface area contributed by atoms with Crippen LogP contribution in [0.25, 0.3) is 10.9 Å². The van der Waals surface area contributed by atoms with Crippen molar-refractivity contribution < 1.29 is 18.8 Å². The van der Waals surface area contributed by atoms with Crippen molar-refractivity contribution in [2.75, 3.05) is 11.9 Å². The number of benzene rings is 3. The molecule has 1 amide bonds. The van der Waals surface area contributed by atoms with E-state index >= 15 is 0 Å². The molecule has 0 fully saturated rings. The van der Waals surface area contributed by atoms with Crippen molar-refractivity contribution in [3.05, 3.63) is 107 Å². The maximum atomic E-state index is 13.8. The second-order valence-electron chi connectivity index (χ2n) is 7.25. The Morgan fingerprint density at radius 3 is 2.67 bits per heavy atom. The zero-order valence-electron chi connectivity index (χ0n) is 18.1. The SMILES string of the molecule is O=C(COc1c(C=Nn2c(=O)[nH]c3ccccc3c2=O)cc(Br)cc1[N+](=O)[O-])Nc1ccccc1F. The molecule has 3 aromatic carbocycles. The van der Waals surface area contributed by atoms with Gasteiger partial charge in [-0.2, -0.15) is 5.10 Å². The number of carbonyl (C=O) groups is 1. The van der Waals surface area contributed by atoms with E-state index in [2.05, 4.69) is 31.3 Å². The van der Waals surface area contributed by atoms with Crippen LogP contribution in [-0.4, -0.2) is 33.3 Å². The van der Waals surface area contributed by atoms with Gasteiger partial charge in [0.1, 0.15) is 5.82 Å². The van der Waals surface area contributed by atoms with Gasteiger partial charge in [0.05, 0.1) is 27.7 Å². The minimum Gasteiger partial charge on any atom is -0.476 e. The highest BCUT2D eigenvalue weighted by Crippen LogP contribution is 2.34. The van der Waals surface area contributed by atoms with E-state index in [9.17, 15) is 28.9 Å². The summed E-state index contributed by atoms with van der Waals surface area (Å²) >= 11 is 3.16. The lowest BCUT2D eigenvalue weighted by Gasteiger charge is -2.11. The first-order valence-electron chi connectivity index (χ1n) is 10.2. The predicted molar refractivity (Wildman–Crippen MR) is 133 cm³/mol. The first-order valence-corrected chi connectivity index (χ1v) is 11.0. The van der Waals surface area contributed by atoms with Gasteiger partial charge >= 0.3 is 11.4 Å². The van der Waals surface area contributed by atoms with E-state index in [4.69, 9.17) is 4.74 Å². The molecule has 4 aromatic rings. The van der Waals surface area contributed by atoms with Crippen LogP contribution in [0.4, 0.5) is 15.8 Å². The van der Waals surface area contributed by atoms with Crippen molar-refractivity contribution in [3.63, 3.8) is 0 Å². The highest BCUT2D eigenvalue weighted by Gasteiger charge is 2.22. The molecular weight excluding hydrogens is 541 g/mol. The summed E-state index contributed by atoms with van der Waals surface area (Å²) in [6.07, 6.45) is 1.02. The summed E-state index contributed by atoms with van der Waals surface area (Å²) in [5, 5.41) is 18.0. The topological polar surface area (TPSA) is 149 Å². The molecule has 11 nitrogen and oxygen atoms in total. The van der Waals surface area contributed by atoms with Crippen molar-refractivity contribution in [2.45, 2.75) is 0 Å². The van der Waals surface area contributed by atoms with Crippen LogP contribution in [0.15, 0.2) is 79.8 Å². The fourth-order valence-electron chi connectivity index (χ4n) is 3.25. The molecule has 1 aromatic heterocycles. The average molecular weight is 556 g/mol. The van der Waals surface area contributed by atoms with Crippen molar-refractivity contribution in [1.82, 2.24) is 9.66 Å². The molecule has 0 aliphatic carbocycles. The molecule has 1 heterocycles. The number of aromatic amines is 1. The van der Waals surface area contributed by atoms with Gasteiger partial charge in [0.25, 0.3) is 11.5 Å². The molecule has 0 aliphatic rings. The van der Waals surface area contributed by atoms with Crippen molar-refractivity contribution in [1.29, 1.82) is 0 Å². The minimum atomic E-state index is -0.828. The Morgan fingerprint density at radius 1 is 1.19 bits per heavy atom. The number of rotatable bonds is 7. The lowest BCUT2D eigenvalue weighted by atomic mass is 10.2. The van der Waals surface area contributed by atoms with Gasteiger partial charge in [-0.25, -0.2) is 9.18 Å². The van der Waals surface area contributed by atoms with Gasteiger partial charge in [0, 0.05) is 16.1 Å². The van der Waals surface area contributed by atoms with Crippen molar-refractivity contribution in [2.24, 2.45) is 5.10 Å². The van der Waals surface area contributed by atoms with Gasteiger partial charge in [-0.15, -0.1) is 4.68 Å². The highest BCUT2D eigenvalue weighted by molar-refractivity contribution is 9.10. The number of ether oxygens (including phenoxy) is 1. The van der Waals surface area contributed by atoms with Crippen LogP contribution in [-0.2, 0) is 4.79 Å². The van der Waals surface area contributed by atoms with E-state index in [1.807, 2.05) is 0 Å². The Morgan fingerprint density at radius 2 is 1.92 bits per heavy atom. The molecule has 0 saturated heterocycles. The minimum absolute atomic E-state index is 0.00535. The molecule has 0 bridgehead atoms. The molecule has 182 valence electrons. The summed E-state index contributed by atoms with van der Waals surface area (Å²) < 4.78 is 20.0. The number of nitrogens with one attached hydrogen (secondary N) is 2. The van der Waals surface area contributed by atoms with E-state index in [1.165, 1.54) is 30.3 Å². The van der Waals surface area contributed by atoms with Gasteiger partial charge < -0.3 is 15.0 Å². The number of hydrogen-bond acceptors (Lipinski definition) is 7. The first kappa shape index (κ1) is 24.5. The number of amides is 1. The molecule has 0 spiro atoms. The normalized spacial score (nSPS) is 11.1. The standard InChI is InChI=1S/C23H15BrFN5O6/c24-14-9-13(11-26-29-22(32)15-5-1-3-7-17(15)28-23(29)33)21(19(10-14)30(34)35)36-12-20(31)27-18-8-4-2-6-16(18)25/h1-11H,12H2,(H,27,31)(H,28,33). The summed E-state index contributed by atoms with van der Waals surface area (Å²) in [5.74, 6) is -1.79. The second kappa shape index (κ2) is 10.3. The number of halogens is 2. The third kappa shape index (κ3) is 5.20. The summed E-state index contributed by atoms with van der Waals surface area (Å²) in [5.41, 5.74) is -1.82. The van der Waals surface area contributed by atoms with Crippen LogP contribution in [0.1, 0.15) is 5.56 Å². The molecule has 0 aliphatic heterocycles. The average Bonchev–Trinajstić information content (AvgIpc) is 2.84. The number of aromatic nitrogens is 2. The highest BCUT2D eigenvalue weighted by atomic mass is 79.9. The number of nitrogens with zero attached hydrogens (tertiary/aromatic N) is 3. The second-order valence-corrected chi connectivity index (χ2v) is 8.17. The third-order valence-electron chi connectivity index (χ3n) is 4.85. The number of anilines is 1. The van der Waals surface area contributed by atoms with Crippen LogP contribution in [0, 0.1) is 15.9 Å². The molecule has 2 N–H and O–H groups in total. The van der Waals surface area contributed by atoms with E-state index in [0.29, 0.717) is 10.2 Å². The van der Waals surface area contributed by atoms with E-state index in [-0.39, 0.29) is 26.9 Å². The molecule has 0 radical (unpaired) electrons. The van der Waals surface area contributed by atoms with Gasteiger partial charge in [0.2, 0.25) is 5.75 Å². The Hall–Kier alpha value is -4.65.